The van der Waals surface area contributed by atoms with Crippen molar-refractivity contribution >= 4 is 45.8 Å². The highest BCUT2D eigenvalue weighted by molar-refractivity contribution is 9.10. The lowest BCUT2D eigenvalue weighted by Crippen LogP contribution is -2.41. The van der Waals surface area contributed by atoms with E-state index in [0.29, 0.717) is 5.69 Å². The second kappa shape index (κ2) is 8.14. The van der Waals surface area contributed by atoms with Gasteiger partial charge in [0.2, 0.25) is 11.8 Å². The summed E-state index contributed by atoms with van der Waals surface area (Å²) in [5, 5.41) is 5.13. The standard InChI is InChI=1S/C12H16BrN3O2.ClH/c1-7-5-9(3-4-10(7)13)16-11(17)6-15-12(18)8(2)14;/h3-5,8H,6,14H2,1-2H3,(H,15,18)(H,16,17);1H/t8-;/m1./s1. The number of amides is 2. The Morgan fingerprint density at radius 1 is 1.42 bits per heavy atom. The van der Waals surface area contributed by atoms with E-state index < -0.39 is 6.04 Å². The maximum Gasteiger partial charge on any atom is 0.243 e. The number of carbonyl (C=O) groups excluding carboxylic acids is 2. The van der Waals surface area contributed by atoms with Crippen LogP contribution in [0.2, 0.25) is 0 Å². The van der Waals surface area contributed by atoms with Crippen LogP contribution in [0.5, 0.6) is 0 Å². The molecule has 1 atom stereocenters. The van der Waals surface area contributed by atoms with Crippen LogP contribution in [-0.4, -0.2) is 24.4 Å². The normalized spacial score (nSPS) is 11.2. The fourth-order valence-electron chi connectivity index (χ4n) is 1.26. The zero-order chi connectivity index (χ0) is 13.7. The van der Waals surface area contributed by atoms with Gasteiger partial charge in [-0.2, -0.15) is 0 Å². The molecule has 0 saturated heterocycles. The predicted octanol–water partition coefficient (Wildman–Crippen LogP) is 1.58. The number of nitrogens with two attached hydrogens (primary N) is 1. The Bertz CT molecular complexity index is 466. The van der Waals surface area contributed by atoms with Crippen LogP contribution in [0.3, 0.4) is 0 Å². The molecule has 2 amide bonds. The van der Waals surface area contributed by atoms with Crippen molar-refractivity contribution in [2.75, 3.05) is 11.9 Å². The van der Waals surface area contributed by atoms with Crippen molar-refractivity contribution in [3.8, 4) is 0 Å². The molecule has 1 aromatic rings. The number of carbonyl (C=O) groups is 2. The van der Waals surface area contributed by atoms with E-state index in [2.05, 4.69) is 26.6 Å². The van der Waals surface area contributed by atoms with Crippen LogP contribution >= 0.6 is 28.3 Å². The minimum Gasteiger partial charge on any atom is -0.346 e. The number of rotatable bonds is 4. The Labute approximate surface area is 126 Å². The van der Waals surface area contributed by atoms with Crippen molar-refractivity contribution in [2.24, 2.45) is 5.73 Å². The Balaban J connectivity index is 0.00000324. The number of nitrogens with one attached hydrogen (secondary N) is 2. The van der Waals surface area contributed by atoms with Crippen molar-refractivity contribution < 1.29 is 9.59 Å². The van der Waals surface area contributed by atoms with E-state index in [4.69, 9.17) is 5.73 Å². The third-order valence-electron chi connectivity index (χ3n) is 2.28. The highest BCUT2D eigenvalue weighted by atomic mass is 79.9. The monoisotopic (exact) mass is 349 g/mol. The van der Waals surface area contributed by atoms with Crippen LogP contribution in [0.4, 0.5) is 5.69 Å². The first kappa shape index (κ1) is 17.9. The van der Waals surface area contributed by atoms with Crippen LogP contribution in [0, 0.1) is 6.92 Å². The average Bonchev–Trinajstić information content (AvgIpc) is 2.30. The van der Waals surface area contributed by atoms with E-state index in [0.717, 1.165) is 10.0 Å². The van der Waals surface area contributed by atoms with Gasteiger partial charge >= 0.3 is 0 Å². The maximum absolute atomic E-state index is 11.6. The maximum atomic E-state index is 11.6. The molecule has 0 radical (unpaired) electrons. The Morgan fingerprint density at radius 3 is 2.58 bits per heavy atom. The van der Waals surface area contributed by atoms with Crippen LogP contribution in [0.1, 0.15) is 12.5 Å². The van der Waals surface area contributed by atoms with Crippen molar-refractivity contribution in [1.82, 2.24) is 5.32 Å². The molecule has 0 fully saturated rings. The van der Waals surface area contributed by atoms with Crippen molar-refractivity contribution in [1.29, 1.82) is 0 Å². The van der Waals surface area contributed by atoms with E-state index in [1.54, 1.807) is 13.0 Å². The van der Waals surface area contributed by atoms with Gasteiger partial charge in [0.1, 0.15) is 0 Å². The van der Waals surface area contributed by atoms with Gasteiger partial charge in [-0.05, 0) is 37.6 Å². The second-order valence-corrected chi connectivity index (χ2v) is 4.87. The summed E-state index contributed by atoms with van der Waals surface area (Å²) < 4.78 is 0.978. The molecule has 0 saturated carbocycles. The molecule has 4 N–H and O–H groups in total. The summed E-state index contributed by atoms with van der Waals surface area (Å²) in [5.41, 5.74) is 7.07. The molecule has 19 heavy (non-hydrogen) atoms. The molecule has 0 aliphatic carbocycles. The van der Waals surface area contributed by atoms with E-state index >= 15 is 0 Å². The summed E-state index contributed by atoms with van der Waals surface area (Å²) in [6.07, 6.45) is 0. The van der Waals surface area contributed by atoms with Gasteiger partial charge in [0.25, 0.3) is 0 Å². The molecule has 0 spiro atoms. The Morgan fingerprint density at radius 2 is 2.05 bits per heavy atom. The predicted molar refractivity (Wildman–Crippen MR) is 81.4 cm³/mol. The van der Waals surface area contributed by atoms with E-state index in [9.17, 15) is 9.59 Å². The zero-order valence-corrected chi connectivity index (χ0v) is 13.1. The Hall–Kier alpha value is -1.11. The summed E-state index contributed by atoms with van der Waals surface area (Å²) in [6.45, 7) is 3.40. The molecule has 1 rings (SSSR count). The first-order valence-electron chi connectivity index (χ1n) is 5.49. The smallest absolute Gasteiger partial charge is 0.243 e. The van der Waals surface area contributed by atoms with E-state index in [-0.39, 0.29) is 30.8 Å². The van der Waals surface area contributed by atoms with Gasteiger partial charge in [-0.1, -0.05) is 15.9 Å². The minimum absolute atomic E-state index is 0. The zero-order valence-electron chi connectivity index (χ0n) is 10.7. The second-order valence-electron chi connectivity index (χ2n) is 4.02. The van der Waals surface area contributed by atoms with Crippen LogP contribution < -0.4 is 16.4 Å². The van der Waals surface area contributed by atoms with Crippen LogP contribution in [0.15, 0.2) is 22.7 Å². The third kappa shape index (κ3) is 6.04. The van der Waals surface area contributed by atoms with Crippen molar-refractivity contribution in [3.63, 3.8) is 0 Å². The topological polar surface area (TPSA) is 84.2 Å². The molecule has 0 bridgehead atoms. The number of aryl methyl sites for hydroxylation is 1. The summed E-state index contributed by atoms with van der Waals surface area (Å²) in [4.78, 5) is 22.7. The number of halogens is 2. The van der Waals surface area contributed by atoms with Crippen LogP contribution in [0.25, 0.3) is 0 Å². The molecule has 106 valence electrons. The van der Waals surface area contributed by atoms with Crippen LogP contribution in [-0.2, 0) is 9.59 Å². The summed E-state index contributed by atoms with van der Waals surface area (Å²) in [6, 6.07) is 4.86. The van der Waals surface area contributed by atoms with Gasteiger partial charge in [-0.15, -0.1) is 12.4 Å². The number of hydrogen-bond acceptors (Lipinski definition) is 3. The van der Waals surface area contributed by atoms with Gasteiger partial charge in [-0.25, -0.2) is 0 Å². The number of benzene rings is 1. The molecule has 1 aromatic carbocycles. The fraction of sp³-hybridized carbons (Fsp3) is 0.333. The molecular weight excluding hydrogens is 334 g/mol. The highest BCUT2D eigenvalue weighted by Gasteiger charge is 2.09. The number of anilines is 1. The lowest BCUT2D eigenvalue weighted by Gasteiger charge is -2.09. The molecule has 0 aromatic heterocycles. The van der Waals surface area contributed by atoms with Gasteiger partial charge in [0, 0.05) is 10.2 Å². The highest BCUT2D eigenvalue weighted by Crippen LogP contribution is 2.19. The van der Waals surface area contributed by atoms with E-state index in [1.807, 2.05) is 19.1 Å². The van der Waals surface area contributed by atoms with Crippen molar-refractivity contribution in [3.05, 3.63) is 28.2 Å². The average molecular weight is 351 g/mol. The summed E-state index contributed by atoms with van der Waals surface area (Å²) >= 11 is 3.38. The molecule has 7 heteroatoms. The molecule has 0 aliphatic rings. The number of hydrogen-bond donors (Lipinski definition) is 3. The minimum atomic E-state index is -0.618. The summed E-state index contributed by atoms with van der Waals surface area (Å²) in [7, 11) is 0. The molecule has 0 aliphatic heterocycles. The lowest BCUT2D eigenvalue weighted by atomic mass is 10.2. The molecule has 0 heterocycles. The fourth-order valence-corrected chi connectivity index (χ4v) is 1.50. The molecule has 0 unspecified atom stereocenters. The lowest BCUT2D eigenvalue weighted by molar-refractivity contribution is -0.124. The van der Waals surface area contributed by atoms with Crippen molar-refractivity contribution in [2.45, 2.75) is 19.9 Å². The largest absolute Gasteiger partial charge is 0.346 e. The quantitative estimate of drug-likeness (QED) is 0.771. The SMILES string of the molecule is Cc1cc(NC(=O)CNC(=O)[C@@H](C)N)ccc1Br.Cl. The molecule has 5 nitrogen and oxygen atoms in total. The summed E-state index contributed by atoms with van der Waals surface area (Å²) in [5.74, 6) is -0.636. The van der Waals surface area contributed by atoms with E-state index in [1.165, 1.54) is 0 Å². The Kier molecular flexibility index (Phi) is 7.66. The van der Waals surface area contributed by atoms with Gasteiger partial charge in [0.05, 0.1) is 12.6 Å². The van der Waals surface area contributed by atoms with Gasteiger partial charge in [0.15, 0.2) is 0 Å². The van der Waals surface area contributed by atoms with Gasteiger partial charge in [-0.3, -0.25) is 9.59 Å². The van der Waals surface area contributed by atoms with Gasteiger partial charge < -0.3 is 16.4 Å². The third-order valence-corrected chi connectivity index (χ3v) is 3.17. The first-order chi connectivity index (χ1) is 8.40. The molecular formula is C12H17BrClN3O2. The first-order valence-corrected chi connectivity index (χ1v) is 6.28.